The topological polar surface area (TPSA) is 125 Å². The van der Waals surface area contributed by atoms with Crippen molar-refractivity contribution in [3.8, 4) is 22.5 Å². The molecule has 0 fully saturated rings. The molecule has 36 heavy (non-hydrogen) atoms. The predicted molar refractivity (Wildman–Crippen MR) is 134 cm³/mol. The Kier molecular flexibility index (Phi) is 8.03. The first-order valence-corrected chi connectivity index (χ1v) is 12.0. The average molecular weight is 526 g/mol. The van der Waals surface area contributed by atoms with Gasteiger partial charge in [-0.1, -0.05) is 60.1 Å². The van der Waals surface area contributed by atoms with Crippen LogP contribution in [0.3, 0.4) is 0 Å². The van der Waals surface area contributed by atoms with Gasteiger partial charge in [0.2, 0.25) is 5.82 Å². The van der Waals surface area contributed by atoms with Crippen LogP contribution in [-0.2, 0) is 25.6 Å². The molecule has 184 valence electrons. The molecule has 4 aromatic rings. The third-order valence-corrected chi connectivity index (χ3v) is 6.03. The molecular formula is C24H20ClN5O5S. The first-order chi connectivity index (χ1) is 17.5. The second kappa shape index (κ2) is 11.6. The number of tetrazole rings is 1. The van der Waals surface area contributed by atoms with Gasteiger partial charge in [0.25, 0.3) is 5.91 Å². The Morgan fingerprint density at radius 3 is 2.53 bits per heavy atom. The number of ether oxygens (including phenoxy) is 2. The second-order valence-corrected chi connectivity index (χ2v) is 8.56. The number of rotatable bonds is 9. The number of halogens is 1. The quantitative estimate of drug-likeness (QED) is 0.324. The minimum absolute atomic E-state index is 0.157. The van der Waals surface area contributed by atoms with Crippen LogP contribution in [0.25, 0.3) is 22.5 Å². The summed E-state index contributed by atoms with van der Waals surface area (Å²) in [6.45, 7) is 0.950. The van der Waals surface area contributed by atoms with Crippen LogP contribution in [0.15, 0.2) is 60.0 Å². The molecule has 4 rings (SSSR count). The molecule has 2 aromatic heterocycles. The van der Waals surface area contributed by atoms with E-state index in [2.05, 4.69) is 20.7 Å². The van der Waals surface area contributed by atoms with E-state index in [9.17, 15) is 14.4 Å². The Balaban J connectivity index is 1.39. The second-order valence-electron chi connectivity index (χ2n) is 7.27. The first-order valence-electron chi connectivity index (χ1n) is 10.8. The third kappa shape index (κ3) is 5.93. The molecule has 10 nitrogen and oxygen atoms in total. The Morgan fingerprint density at radius 2 is 1.78 bits per heavy atom. The van der Waals surface area contributed by atoms with Crippen LogP contribution in [0.1, 0.15) is 17.3 Å². The lowest BCUT2D eigenvalue weighted by Crippen LogP contribution is -2.24. The number of amides is 1. The molecule has 0 saturated carbocycles. The molecule has 2 heterocycles. The molecular weight excluding hydrogens is 506 g/mol. The standard InChI is InChI=1S/C24H20ClN5O5S/c1-2-34-24(33)21-17(16-10-6-7-11-18(16)25)14-36-23(21)26-19(31)13-35-20(32)12-30-28-22(27-29-30)15-8-4-3-5-9-15/h3-11,14H,2,12-13H2,1H3,(H,26,31). The first kappa shape index (κ1) is 25.0. The van der Waals surface area contributed by atoms with Crippen molar-refractivity contribution in [2.75, 3.05) is 18.5 Å². The fourth-order valence-corrected chi connectivity index (χ4v) is 4.42. The van der Waals surface area contributed by atoms with E-state index in [1.807, 2.05) is 30.3 Å². The summed E-state index contributed by atoms with van der Waals surface area (Å²) in [6.07, 6.45) is 0. The lowest BCUT2D eigenvalue weighted by molar-refractivity contribution is -0.148. The molecule has 0 aliphatic carbocycles. The van der Waals surface area contributed by atoms with Crippen molar-refractivity contribution in [2.45, 2.75) is 13.5 Å². The van der Waals surface area contributed by atoms with Gasteiger partial charge in [-0.2, -0.15) is 4.80 Å². The van der Waals surface area contributed by atoms with Gasteiger partial charge in [-0.25, -0.2) is 9.59 Å². The molecule has 0 aliphatic heterocycles. The maximum atomic E-state index is 12.7. The van der Waals surface area contributed by atoms with Gasteiger partial charge in [0, 0.05) is 27.1 Å². The summed E-state index contributed by atoms with van der Waals surface area (Å²) < 4.78 is 10.2. The van der Waals surface area contributed by atoms with Crippen molar-refractivity contribution < 1.29 is 23.9 Å². The molecule has 0 atom stereocenters. The van der Waals surface area contributed by atoms with E-state index >= 15 is 0 Å². The van der Waals surface area contributed by atoms with Crippen LogP contribution in [0.4, 0.5) is 5.00 Å². The van der Waals surface area contributed by atoms with Crippen molar-refractivity contribution >= 4 is 45.8 Å². The molecule has 0 saturated heterocycles. The number of esters is 2. The van der Waals surface area contributed by atoms with Crippen LogP contribution >= 0.6 is 22.9 Å². The molecule has 0 radical (unpaired) electrons. The largest absolute Gasteiger partial charge is 0.462 e. The van der Waals surface area contributed by atoms with Gasteiger partial charge in [0.1, 0.15) is 10.6 Å². The normalized spacial score (nSPS) is 10.6. The SMILES string of the molecule is CCOC(=O)c1c(-c2ccccc2Cl)csc1NC(=O)COC(=O)Cn1nnc(-c2ccccc2)n1. The van der Waals surface area contributed by atoms with Gasteiger partial charge in [-0.15, -0.1) is 21.5 Å². The highest BCUT2D eigenvalue weighted by Crippen LogP contribution is 2.39. The Labute approximate surface area is 214 Å². The van der Waals surface area contributed by atoms with Gasteiger partial charge >= 0.3 is 11.9 Å². The van der Waals surface area contributed by atoms with E-state index in [0.717, 1.165) is 21.7 Å². The molecule has 1 N–H and O–H groups in total. The summed E-state index contributed by atoms with van der Waals surface area (Å²) in [5.41, 5.74) is 2.08. The van der Waals surface area contributed by atoms with E-state index < -0.39 is 24.5 Å². The van der Waals surface area contributed by atoms with Crippen LogP contribution in [0.2, 0.25) is 5.02 Å². The minimum Gasteiger partial charge on any atom is -0.462 e. The number of carbonyl (C=O) groups is 3. The van der Waals surface area contributed by atoms with Gasteiger partial charge in [-0.3, -0.25) is 4.79 Å². The Morgan fingerprint density at radius 1 is 1.03 bits per heavy atom. The Bertz CT molecular complexity index is 1390. The lowest BCUT2D eigenvalue weighted by atomic mass is 10.0. The number of hydrogen-bond donors (Lipinski definition) is 1. The average Bonchev–Trinajstić information content (AvgIpc) is 3.51. The van der Waals surface area contributed by atoms with Crippen LogP contribution in [0.5, 0.6) is 0 Å². The molecule has 0 aliphatic rings. The monoisotopic (exact) mass is 525 g/mol. The van der Waals surface area contributed by atoms with E-state index in [0.29, 0.717) is 22.0 Å². The van der Waals surface area contributed by atoms with Crippen molar-refractivity contribution in [3.63, 3.8) is 0 Å². The van der Waals surface area contributed by atoms with Crippen molar-refractivity contribution in [1.29, 1.82) is 0 Å². The zero-order chi connectivity index (χ0) is 25.5. The molecule has 2 aromatic carbocycles. The Hall–Kier alpha value is -4.09. The van der Waals surface area contributed by atoms with Gasteiger partial charge in [0.15, 0.2) is 13.2 Å². The predicted octanol–water partition coefficient (Wildman–Crippen LogP) is 4.08. The molecule has 0 bridgehead atoms. The van der Waals surface area contributed by atoms with Crippen LogP contribution < -0.4 is 5.32 Å². The van der Waals surface area contributed by atoms with Crippen molar-refractivity contribution in [1.82, 2.24) is 20.2 Å². The number of hydrogen-bond acceptors (Lipinski definition) is 9. The van der Waals surface area contributed by atoms with Gasteiger partial charge in [-0.05, 0) is 18.2 Å². The highest BCUT2D eigenvalue weighted by Gasteiger charge is 2.24. The number of benzene rings is 2. The van der Waals surface area contributed by atoms with Crippen molar-refractivity contribution in [3.05, 3.63) is 70.6 Å². The highest BCUT2D eigenvalue weighted by atomic mass is 35.5. The molecule has 0 spiro atoms. The zero-order valence-electron chi connectivity index (χ0n) is 19.0. The number of nitrogens with one attached hydrogen (secondary N) is 1. The summed E-state index contributed by atoms with van der Waals surface area (Å²) in [5, 5.41) is 16.9. The van der Waals surface area contributed by atoms with Crippen LogP contribution in [0, 0.1) is 0 Å². The number of nitrogens with zero attached hydrogens (tertiary/aromatic N) is 4. The number of carbonyl (C=O) groups excluding carboxylic acids is 3. The van der Waals surface area contributed by atoms with E-state index in [4.69, 9.17) is 21.1 Å². The fourth-order valence-electron chi connectivity index (χ4n) is 3.22. The maximum Gasteiger partial charge on any atom is 0.341 e. The maximum absolute atomic E-state index is 12.7. The highest BCUT2D eigenvalue weighted by molar-refractivity contribution is 7.15. The van der Waals surface area contributed by atoms with E-state index in [-0.39, 0.29) is 23.7 Å². The van der Waals surface area contributed by atoms with E-state index in [1.54, 1.807) is 36.6 Å². The summed E-state index contributed by atoms with van der Waals surface area (Å²) in [5.74, 6) is -1.60. The van der Waals surface area contributed by atoms with Crippen LogP contribution in [-0.4, -0.2) is 51.3 Å². The summed E-state index contributed by atoms with van der Waals surface area (Å²) in [6, 6.07) is 16.2. The summed E-state index contributed by atoms with van der Waals surface area (Å²) in [7, 11) is 0. The van der Waals surface area contributed by atoms with Gasteiger partial charge < -0.3 is 14.8 Å². The third-order valence-electron chi connectivity index (χ3n) is 4.81. The zero-order valence-corrected chi connectivity index (χ0v) is 20.6. The van der Waals surface area contributed by atoms with Crippen molar-refractivity contribution in [2.24, 2.45) is 0 Å². The number of anilines is 1. The smallest absolute Gasteiger partial charge is 0.341 e. The summed E-state index contributed by atoms with van der Waals surface area (Å²) in [4.78, 5) is 38.4. The minimum atomic E-state index is -0.726. The molecule has 0 unspecified atom stereocenters. The molecule has 1 amide bonds. The fraction of sp³-hybridized carbons (Fsp3) is 0.167. The number of thiophene rings is 1. The lowest BCUT2D eigenvalue weighted by Gasteiger charge is -2.10. The summed E-state index contributed by atoms with van der Waals surface area (Å²) >= 11 is 7.44. The molecule has 12 heteroatoms. The van der Waals surface area contributed by atoms with E-state index in [1.165, 1.54) is 0 Å². The number of aromatic nitrogens is 4. The van der Waals surface area contributed by atoms with Gasteiger partial charge in [0.05, 0.1) is 6.61 Å².